The van der Waals surface area contributed by atoms with Crippen LogP contribution in [0.5, 0.6) is 0 Å². The quantitative estimate of drug-likeness (QED) is 0.499. The van der Waals surface area contributed by atoms with Crippen LogP contribution in [0.15, 0.2) is 47.4 Å². The number of amides is 1. The molecule has 2 aromatic rings. The Labute approximate surface area is 202 Å². The second kappa shape index (κ2) is 11.3. The number of nitrogens with one attached hydrogen (secondary N) is 2. The Morgan fingerprint density at radius 2 is 1.56 bits per heavy atom. The van der Waals surface area contributed by atoms with Gasteiger partial charge in [-0.05, 0) is 79.8 Å². The third-order valence-electron chi connectivity index (χ3n) is 6.90. The molecular weight excluding hydrogens is 448 g/mol. The summed E-state index contributed by atoms with van der Waals surface area (Å²) >= 11 is 0. The Hall–Kier alpha value is -2.51. The lowest BCUT2D eigenvalue weighted by molar-refractivity contribution is -0.121. The van der Waals surface area contributed by atoms with Gasteiger partial charge in [-0.1, -0.05) is 37.1 Å². The van der Waals surface area contributed by atoms with E-state index in [9.17, 15) is 18.0 Å². The summed E-state index contributed by atoms with van der Waals surface area (Å²) in [5.74, 6) is -0.141. The van der Waals surface area contributed by atoms with E-state index in [2.05, 4.69) is 16.1 Å². The number of rotatable bonds is 10. The second-order valence-corrected chi connectivity index (χ2v) is 11.2. The fourth-order valence-electron chi connectivity index (χ4n) is 4.88. The Bertz CT molecular complexity index is 1120. The number of ketones is 1. The monoisotopic (exact) mass is 482 g/mol. The molecule has 34 heavy (non-hydrogen) atoms. The van der Waals surface area contributed by atoms with E-state index >= 15 is 0 Å². The van der Waals surface area contributed by atoms with Crippen LogP contribution in [0.3, 0.4) is 0 Å². The molecule has 1 saturated carbocycles. The summed E-state index contributed by atoms with van der Waals surface area (Å²) in [5, 5.41) is 2.86. The number of hydrogen-bond acceptors (Lipinski definition) is 4. The normalized spacial score (nSPS) is 16.2. The van der Waals surface area contributed by atoms with Crippen molar-refractivity contribution in [2.45, 2.75) is 81.6 Å². The van der Waals surface area contributed by atoms with Gasteiger partial charge in [-0.25, -0.2) is 13.1 Å². The predicted octanol–water partition coefficient (Wildman–Crippen LogP) is 4.11. The molecule has 0 bridgehead atoms. The van der Waals surface area contributed by atoms with E-state index in [1.54, 1.807) is 24.3 Å². The van der Waals surface area contributed by atoms with E-state index in [0.717, 1.165) is 44.1 Å². The van der Waals surface area contributed by atoms with Crippen molar-refractivity contribution in [3.63, 3.8) is 0 Å². The molecule has 182 valence electrons. The van der Waals surface area contributed by atoms with Crippen molar-refractivity contribution in [1.29, 1.82) is 0 Å². The van der Waals surface area contributed by atoms with Crippen LogP contribution in [-0.4, -0.2) is 32.7 Å². The van der Waals surface area contributed by atoms with Crippen molar-refractivity contribution in [1.82, 2.24) is 10.0 Å². The standard InChI is InChI=1S/C27H34N2O4S/c30-26(23-12-11-21-5-1-2-6-22(21)19-23)15-16-27(31)28-18-17-20-9-13-25(14-10-20)34(32,33)29-24-7-3-4-8-24/h9-14,19,24,29H,1-8,15-18H2,(H,28,31). The molecule has 0 saturated heterocycles. The molecule has 2 aliphatic carbocycles. The topological polar surface area (TPSA) is 92.3 Å². The average Bonchev–Trinajstić information content (AvgIpc) is 3.35. The van der Waals surface area contributed by atoms with Gasteiger partial charge < -0.3 is 5.32 Å². The van der Waals surface area contributed by atoms with Gasteiger partial charge in [0.05, 0.1) is 4.90 Å². The lowest BCUT2D eigenvalue weighted by Gasteiger charge is -2.16. The first-order valence-corrected chi connectivity index (χ1v) is 13.9. The third-order valence-corrected chi connectivity index (χ3v) is 8.43. The predicted molar refractivity (Wildman–Crippen MR) is 132 cm³/mol. The zero-order valence-corrected chi connectivity index (χ0v) is 20.5. The molecule has 2 aromatic carbocycles. The van der Waals surface area contributed by atoms with Crippen molar-refractivity contribution >= 4 is 21.7 Å². The minimum absolute atomic E-state index is 0.00605. The molecule has 0 spiro atoms. The van der Waals surface area contributed by atoms with Gasteiger partial charge in [0, 0.05) is 31.0 Å². The maximum atomic E-state index is 12.5. The summed E-state index contributed by atoms with van der Waals surface area (Å²) in [5.41, 5.74) is 4.27. The summed E-state index contributed by atoms with van der Waals surface area (Å²) in [6.07, 6.45) is 9.39. The van der Waals surface area contributed by atoms with Crippen LogP contribution in [0.2, 0.25) is 0 Å². The molecule has 7 heteroatoms. The third kappa shape index (κ3) is 6.54. The first-order valence-electron chi connectivity index (χ1n) is 12.4. The number of fused-ring (bicyclic) bond motifs is 1. The summed E-state index contributed by atoms with van der Waals surface area (Å²) in [6, 6.07) is 12.8. The highest BCUT2D eigenvalue weighted by Gasteiger charge is 2.22. The molecule has 0 atom stereocenters. The molecular formula is C27H34N2O4S. The second-order valence-electron chi connectivity index (χ2n) is 9.46. The van der Waals surface area contributed by atoms with Crippen molar-refractivity contribution in [2.75, 3.05) is 6.54 Å². The number of carbonyl (C=O) groups excluding carboxylic acids is 2. The first kappa shape index (κ1) is 24.6. The van der Waals surface area contributed by atoms with E-state index in [4.69, 9.17) is 0 Å². The molecule has 0 heterocycles. The molecule has 2 N–H and O–H groups in total. The highest BCUT2D eigenvalue weighted by molar-refractivity contribution is 7.89. The molecule has 1 fully saturated rings. The molecule has 0 aliphatic heterocycles. The molecule has 0 unspecified atom stereocenters. The van der Waals surface area contributed by atoms with Gasteiger partial charge in [-0.3, -0.25) is 9.59 Å². The van der Waals surface area contributed by atoms with Crippen LogP contribution in [-0.2, 0) is 34.1 Å². The number of carbonyl (C=O) groups is 2. The highest BCUT2D eigenvalue weighted by Crippen LogP contribution is 2.23. The minimum atomic E-state index is -3.49. The molecule has 0 aromatic heterocycles. The number of benzene rings is 2. The van der Waals surface area contributed by atoms with Gasteiger partial charge >= 0.3 is 0 Å². The van der Waals surface area contributed by atoms with Crippen molar-refractivity contribution < 1.29 is 18.0 Å². The molecule has 4 rings (SSSR count). The van der Waals surface area contributed by atoms with Crippen LogP contribution in [0, 0.1) is 0 Å². The van der Waals surface area contributed by atoms with E-state index in [1.807, 2.05) is 12.1 Å². The van der Waals surface area contributed by atoms with E-state index < -0.39 is 10.0 Å². The van der Waals surface area contributed by atoms with Crippen LogP contribution in [0.4, 0.5) is 0 Å². The number of hydrogen-bond donors (Lipinski definition) is 2. The van der Waals surface area contributed by atoms with Crippen molar-refractivity contribution in [3.05, 3.63) is 64.7 Å². The van der Waals surface area contributed by atoms with Gasteiger partial charge in [0.15, 0.2) is 5.78 Å². The van der Waals surface area contributed by atoms with Gasteiger partial charge in [-0.2, -0.15) is 0 Å². The van der Waals surface area contributed by atoms with Gasteiger partial charge in [-0.15, -0.1) is 0 Å². The fraction of sp³-hybridized carbons (Fsp3) is 0.481. The van der Waals surface area contributed by atoms with Crippen LogP contribution in [0.1, 0.15) is 78.4 Å². The Morgan fingerprint density at radius 1 is 0.853 bits per heavy atom. The van der Waals surface area contributed by atoms with Gasteiger partial charge in [0.25, 0.3) is 0 Å². The van der Waals surface area contributed by atoms with E-state index in [0.29, 0.717) is 18.5 Å². The number of aryl methyl sites for hydroxylation is 2. The van der Waals surface area contributed by atoms with Crippen molar-refractivity contribution in [3.8, 4) is 0 Å². The molecule has 6 nitrogen and oxygen atoms in total. The van der Waals surface area contributed by atoms with E-state index in [-0.39, 0.29) is 35.5 Å². The van der Waals surface area contributed by atoms with Crippen LogP contribution < -0.4 is 10.0 Å². The molecule has 0 radical (unpaired) electrons. The minimum Gasteiger partial charge on any atom is -0.356 e. The maximum Gasteiger partial charge on any atom is 0.240 e. The Morgan fingerprint density at radius 3 is 2.29 bits per heavy atom. The lowest BCUT2D eigenvalue weighted by atomic mass is 9.89. The first-order chi connectivity index (χ1) is 16.4. The molecule has 2 aliphatic rings. The smallest absolute Gasteiger partial charge is 0.240 e. The van der Waals surface area contributed by atoms with E-state index in [1.165, 1.54) is 24.0 Å². The van der Waals surface area contributed by atoms with Crippen LogP contribution in [0.25, 0.3) is 0 Å². The van der Waals surface area contributed by atoms with Crippen molar-refractivity contribution in [2.24, 2.45) is 0 Å². The maximum absolute atomic E-state index is 12.5. The molecule has 1 amide bonds. The zero-order valence-electron chi connectivity index (χ0n) is 19.6. The summed E-state index contributed by atoms with van der Waals surface area (Å²) in [4.78, 5) is 25.0. The van der Waals surface area contributed by atoms with Gasteiger partial charge in [0.1, 0.15) is 0 Å². The number of sulfonamides is 1. The van der Waals surface area contributed by atoms with Crippen LogP contribution >= 0.6 is 0 Å². The largest absolute Gasteiger partial charge is 0.356 e. The summed E-state index contributed by atoms with van der Waals surface area (Å²) in [7, 11) is -3.49. The Kier molecular flexibility index (Phi) is 8.16. The summed E-state index contributed by atoms with van der Waals surface area (Å²) in [6.45, 7) is 0.443. The zero-order chi connectivity index (χ0) is 24.0. The average molecular weight is 483 g/mol. The fourth-order valence-corrected chi connectivity index (χ4v) is 6.18. The lowest BCUT2D eigenvalue weighted by Crippen LogP contribution is -2.32. The highest BCUT2D eigenvalue weighted by atomic mass is 32.2. The Balaban J connectivity index is 1.19. The van der Waals surface area contributed by atoms with Gasteiger partial charge in [0.2, 0.25) is 15.9 Å². The number of Topliss-reactive ketones (excluding diaryl/α,β-unsaturated/α-hetero) is 1. The SMILES string of the molecule is O=C(CCC(=O)c1ccc2c(c1)CCCC2)NCCc1ccc(S(=O)(=O)NC2CCCC2)cc1. The summed E-state index contributed by atoms with van der Waals surface area (Å²) < 4.78 is 27.8.